The fourth-order valence-electron chi connectivity index (χ4n) is 4.25. The highest BCUT2D eigenvalue weighted by molar-refractivity contribution is 9.10. The molecule has 0 radical (unpaired) electrons. The van der Waals surface area contributed by atoms with Crippen LogP contribution in [0.15, 0.2) is 62.8 Å². The minimum atomic E-state index is -1.06. The Bertz CT molecular complexity index is 1430. The Morgan fingerprint density at radius 1 is 0.750 bits per heavy atom. The summed E-state index contributed by atoms with van der Waals surface area (Å²) in [7, 11) is 0. The van der Waals surface area contributed by atoms with E-state index in [0.29, 0.717) is 14.8 Å². The fraction of sp³-hybridized carbons (Fsp3) is 0.267. The van der Waals surface area contributed by atoms with Crippen LogP contribution in [0.4, 0.5) is 0 Å². The lowest BCUT2D eigenvalue weighted by molar-refractivity contribution is -0.147. The highest BCUT2D eigenvalue weighted by Gasteiger charge is 2.43. The Morgan fingerprint density at radius 2 is 1.09 bits per heavy atom. The van der Waals surface area contributed by atoms with E-state index in [9.17, 15) is 29.4 Å². The van der Waals surface area contributed by atoms with E-state index >= 15 is 0 Å². The lowest BCUT2D eigenvalue weighted by atomic mass is 10.0. The molecule has 2 aromatic carbocycles. The average molecular weight is 756 g/mol. The maximum Gasteiger partial charge on any atom is 0.327 e. The molecule has 2 fully saturated rings. The summed E-state index contributed by atoms with van der Waals surface area (Å²) < 4.78 is 1.50. The summed E-state index contributed by atoms with van der Waals surface area (Å²) >= 11 is 21.8. The van der Waals surface area contributed by atoms with Gasteiger partial charge in [0.2, 0.25) is 0 Å². The Hall–Kier alpha value is -2.55. The molecule has 2 aliphatic heterocycles. The molecule has 0 bridgehead atoms. The second kappa shape index (κ2) is 15.6. The van der Waals surface area contributed by atoms with Gasteiger partial charge in [0.15, 0.2) is 0 Å². The van der Waals surface area contributed by atoms with E-state index < -0.39 is 24.0 Å². The number of benzene rings is 2. The molecular weight excluding hydrogens is 728 g/mol. The van der Waals surface area contributed by atoms with Crippen LogP contribution in [0.3, 0.4) is 0 Å². The van der Waals surface area contributed by atoms with E-state index in [1.165, 1.54) is 9.80 Å². The first-order valence-corrected chi connectivity index (χ1v) is 16.7. The van der Waals surface area contributed by atoms with Crippen LogP contribution in [0.5, 0.6) is 0 Å². The third-order valence-electron chi connectivity index (χ3n) is 6.31. The number of hydrogen-bond donors (Lipinski definition) is 2. The molecule has 2 aliphatic rings. The lowest BCUT2D eigenvalue weighted by Crippen LogP contribution is -2.47. The molecule has 2 atom stereocenters. The predicted molar refractivity (Wildman–Crippen MR) is 188 cm³/mol. The molecule has 0 aromatic heterocycles. The van der Waals surface area contributed by atoms with Crippen molar-refractivity contribution >= 4 is 120 Å². The number of hydrogen-bond acceptors (Lipinski definition) is 8. The van der Waals surface area contributed by atoms with Crippen LogP contribution < -0.4 is 0 Å². The van der Waals surface area contributed by atoms with Gasteiger partial charge in [-0.1, -0.05) is 127 Å². The smallest absolute Gasteiger partial charge is 0.327 e. The van der Waals surface area contributed by atoms with Crippen molar-refractivity contribution in [1.29, 1.82) is 0 Å². The molecule has 0 spiro atoms. The van der Waals surface area contributed by atoms with Crippen molar-refractivity contribution in [2.24, 2.45) is 11.8 Å². The molecule has 232 valence electrons. The standard InChI is InChI=1S/C15H14BrNO3S2.C15H14ClNO3S2/c2*1-8(2)12(14(19)20)17-13(18)11(22-15(17)21)7-9-3-5-10(16)6-4-9/h2*3-8,12H,1-2H3,(H,19,20)/b2*11-7-. The zero-order valence-corrected chi connectivity index (χ0v) is 29.5. The Balaban J connectivity index is 0.000000240. The first-order valence-electron chi connectivity index (χ1n) is 13.1. The number of carbonyl (C=O) groups excluding carboxylic acids is 2. The van der Waals surface area contributed by atoms with Crippen LogP contribution >= 0.6 is 75.5 Å². The van der Waals surface area contributed by atoms with Crippen LogP contribution in [-0.4, -0.2) is 64.5 Å². The molecule has 2 amide bonds. The van der Waals surface area contributed by atoms with Gasteiger partial charge in [-0.15, -0.1) is 0 Å². The Labute approximate surface area is 288 Å². The van der Waals surface area contributed by atoms with Crippen molar-refractivity contribution in [3.05, 3.63) is 79.0 Å². The van der Waals surface area contributed by atoms with Crippen molar-refractivity contribution in [1.82, 2.24) is 9.80 Å². The number of aliphatic carboxylic acids is 2. The normalized spacial score (nSPS) is 18.4. The summed E-state index contributed by atoms with van der Waals surface area (Å²) in [5.74, 6) is -3.29. The molecule has 2 heterocycles. The van der Waals surface area contributed by atoms with E-state index in [-0.39, 0.29) is 32.3 Å². The topological polar surface area (TPSA) is 115 Å². The SMILES string of the molecule is CC(C)C(C(=O)O)N1C(=O)/C(=C/c2ccc(Br)cc2)SC1=S.CC(C)C(C(=O)O)N1C(=O)/C(=C/c2ccc(Cl)cc2)SC1=S. The predicted octanol–water partition coefficient (Wildman–Crippen LogP) is 7.41. The summed E-state index contributed by atoms with van der Waals surface area (Å²) in [5, 5.41) is 19.3. The van der Waals surface area contributed by atoms with Gasteiger partial charge in [-0.2, -0.15) is 0 Å². The zero-order chi connectivity index (χ0) is 32.9. The molecular formula is C30H28BrClN2O6S4. The molecule has 14 heteroatoms. The largest absolute Gasteiger partial charge is 0.480 e. The molecule has 44 heavy (non-hydrogen) atoms. The quantitative estimate of drug-likeness (QED) is 0.209. The van der Waals surface area contributed by atoms with Gasteiger partial charge in [0.1, 0.15) is 20.7 Å². The van der Waals surface area contributed by atoms with Crippen molar-refractivity contribution < 1.29 is 29.4 Å². The lowest BCUT2D eigenvalue weighted by Gasteiger charge is -2.26. The first kappa shape index (κ1) is 35.9. The summed E-state index contributed by atoms with van der Waals surface area (Å²) in [6.45, 7) is 7.02. The van der Waals surface area contributed by atoms with Crippen LogP contribution in [0.25, 0.3) is 12.2 Å². The van der Waals surface area contributed by atoms with Gasteiger partial charge in [-0.3, -0.25) is 19.4 Å². The van der Waals surface area contributed by atoms with Gasteiger partial charge in [0.25, 0.3) is 11.8 Å². The minimum absolute atomic E-state index is 0.230. The molecule has 2 N–H and O–H groups in total. The van der Waals surface area contributed by atoms with Gasteiger partial charge in [0.05, 0.1) is 9.81 Å². The fourth-order valence-corrected chi connectivity index (χ4v) is 7.30. The number of carboxylic acids is 2. The number of thiocarbonyl (C=S) groups is 2. The van der Waals surface area contributed by atoms with Crippen LogP contribution in [-0.2, 0) is 19.2 Å². The van der Waals surface area contributed by atoms with Gasteiger partial charge in [-0.25, -0.2) is 9.59 Å². The van der Waals surface area contributed by atoms with E-state index in [1.807, 2.05) is 24.3 Å². The molecule has 0 aliphatic carbocycles. The molecule has 8 nitrogen and oxygen atoms in total. The highest BCUT2D eigenvalue weighted by Crippen LogP contribution is 2.37. The van der Waals surface area contributed by atoms with E-state index in [2.05, 4.69) is 15.9 Å². The highest BCUT2D eigenvalue weighted by atomic mass is 79.9. The number of carbonyl (C=O) groups is 4. The number of thioether (sulfide) groups is 2. The first-order chi connectivity index (χ1) is 20.6. The maximum atomic E-state index is 12.5. The molecule has 2 aromatic rings. The summed E-state index contributed by atoms with van der Waals surface area (Å²) in [5.41, 5.74) is 1.67. The molecule has 2 saturated heterocycles. The zero-order valence-electron chi connectivity index (χ0n) is 23.9. The second-order valence-electron chi connectivity index (χ2n) is 10.3. The van der Waals surface area contributed by atoms with E-state index in [4.69, 9.17) is 36.0 Å². The van der Waals surface area contributed by atoms with Crippen LogP contribution in [0.1, 0.15) is 38.8 Å². The summed E-state index contributed by atoms with van der Waals surface area (Å²) in [4.78, 5) is 51.1. The van der Waals surface area contributed by atoms with Gasteiger partial charge >= 0.3 is 11.9 Å². The van der Waals surface area contributed by atoms with Crippen molar-refractivity contribution in [3.8, 4) is 0 Å². The maximum absolute atomic E-state index is 12.5. The molecule has 0 saturated carbocycles. The summed E-state index contributed by atoms with van der Waals surface area (Å²) in [6, 6.07) is 12.6. The summed E-state index contributed by atoms with van der Waals surface area (Å²) in [6.07, 6.45) is 3.42. The Morgan fingerprint density at radius 3 is 1.41 bits per heavy atom. The van der Waals surface area contributed by atoms with Crippen molar-refractivity contribution in [3.63, 3.8) is 0 Å². The molecule has 4 rings (SSSR count). The number of carboxylic acid groups (broad SMARTS) is 2. The van der Waals surface area contributed by atoms with Crippen molar-refractivity contribution in [2.45, 2.75) is 39.8 Å². The average Bonchev–Trinajstić information content (AvgIpc) is 3.35. The third kappa shape index (κ3) is 8.79. The third-order valence-corrected chi connectivity index (χ3v) is 9.75. The van der Waals surface area contributed by atoms with Crippen LogP contribution in [0.2, 0.25) is 5.02 Å². The van der Waals surface area contributed by atoms with Crippen LogP contribution in [0, 0.1) is 11.8 Å². The van der Waals surface area contributed by atoms with Crippen molar-refractivity contribution in [2.75, 3.05) is 0 Å². The van der Waals surface area contributed by atoms with Gasteiger partial charge < -0.3 is 10.2 Å². The van der Waals surface area contributed by atoms with Gasteiger partial charge in [-0.05, 0) is 59.4 Å². The van der Waals surface area contributed by atoms with E-state index in [1.54, 1.807) is 64.1 Å². The number of rotatable bonds is 8. The molecule has 2 unspecified atom stereocenters. The van der Waals surface area contributed by atoms with Gasteiger partial charge in [0, 0.05) is 9.50 Å². The van der Waals surface area contributed by atoms with E-state index in [0.717, 1.165) is 39.1 Å². The monoisotopic (exact) mass is 754 g/mol. The minimum Gasteiger partial charge on any atom is -0.480 e. The second-order valence-corrected chi connectivity index (χ2v) is 15.0. The number of amides is 2. The Kier molecular flexibility index (Phi) is 12.8. The number of nitrogens with zero attached hydrogens (tertiary/aromatic N) is 2. The number of halogens is 2.